The van der Waals surface area contributed by atoms with E-state index in [1.807, 2.05) is 6.07 Å². The Kier molecular flexibility index (Phi) is 6.50. The number of hydrogen-bond acceptors (Lipinski definition) is 3. The summed E-state index contributed by atoms with van der Waals surface area (Å²) in [6, 6.07) is 3.59. The van der Waals surface area contributed by atoms with Crippen LogP contribution in [-0.4, -0.2) is 17.7 Å². The van der Waals surface area contributed by atoms with Gasteiger partial charge in [0.1, 0.15) is 0 Å². The first kappa shape index (κ1) is 14.8. The Balaban J connectivity index is 2.58. The van der Waals surface area contributed by atoms with Gasteiger partial charge >= 0.3 is 0 Å². The molecule has 0 unspecified atom stereocenters. The average molecular weight is 252 g/mol. The molecule has 1 aromatic rings. The highest BCUT2D eigenvalue weighted by molar-refractivity contribution is 5.17. The lowest BCUT2D eigenvalue weighted by atomic mass is 10.1. The van der Waals surface area contributed by atoms with Gasteiger partial charge in [0.15, 0.2) is 5.75 Å². The Labute approximate surface area is 109 Å². The van der Waals surface area contributed by atoms with Crippen LogP contribution in [0.4, 0.5) is 0 Å². The minimum absolute atomic E-state index is 0.0433. The number of aryl methyl sites for hydroxylation is 1. The summed E-state index contributed by atoms with van der Waals surface area (Å²) in [7, 11) is 0. The third-order valence-electron chi connectivity index (χ3n) is 2.79. The van der Waals surface area contributed by atoms with Crippen molar-refractivity contribution in [3.8, 4) is 5.75 Å². The Morgan fingerprint density at radius 2 is 2.17 bits per heavy atom. The maximum atomic E-state index is 12.0. The highest BCUT2D eigenvalue weighted by atomic mass is 16.5. The third-order valence-corrected chi connectivity index (χ3v) is 2.79. The predicted octanol–water partition coefficient (Wildman–Crippen LogP) is 2.01. The van der Waals surface area contributed by atoms with Gasteiger partial charge in [-0.1, -0.05) is 13.8 Å². The summed E-state index contributed by atoms with van der Waals surface area (Å²) >= 11 is 0. The zero-order chi connectivity index (χ0) is 13.4. The van der Waals surface area contributed by atoms with Crippen LogP contribution in [0.15, 0.2) is 23.1 Å². The predicted molar refractivity (Wildman–Crippen MR) is 73.9 cm³/mol. The van der Waals surface area contributed by atoms with Gasteiger partial charge in [0.2, 0.25) is 0 Å². The van der Waals surface area contributed by atoms with Crippen LogP contribution >= 0.6 is 0 Å². The Bertz CT molecular complexity index is 399. The molecule has 18 heavy (non-hydrogen) atoms. The summed E-state index contributed by atoms with van der Waals surface area (Å²) < 4.78 is 7.23. The molecular weight excluding hydrogens is 228 g/mol. The van der Waals surface area contributed by atoms with Gasteiger partial charge in [-0.3, -0.25) is 4.79 Å². The number of nitrogens with two attached hydrogens (primary N) is 1. The van der Waals surface area contributed by atoms with Crippen molar-refractivity contribution >= 4 is 0 Å². The molecule has 2 N–H and O–H groups in total. The zero-order valence-electron chi connectivity index (χ0n) is 11.4. The lowest BCUT2D eigenvalue weighted by molar-refractivity contribution is 0.283. The van der Waals surface area contributed by atoms with E-state index in [2.05, 4.69) is 13.8 Å². The number of pyridine rings is 1. The standard InChI is InChI=1S/C14H24N2O2/c1-12(2)7-11-18-13-6-5-10-16(14(13)17)9-4-3-8-15/h5-6,10,12H,3-4,7-9,11,15H2,1-2H3. The number of unbranched alkanes of at least 4 members (excludes halogenated alkanes) is 1. The summed E-state index contributed by atoms with van der Waals surface area (Å²) in [6.07, 6.45) is 4.62. The van der Waals surface area contributed by atoms with E-state index in [0.717, 1.165) is 19.3 Å². The van der Waals surface area contributed by atoms with Gasteiger partial charge < -0.3 is 15.0 Å². The SMILES string of the molecule is CC(C)CCOc1cccn(CCCCN)c1=O. The van der Waals surface area contributed by atoms with Crippen molar-refractivity contribution < 1.29 is 4.74 Å². The Morgan fingerprint density at radius 1 is 1.39 bits per heavy atom. The van der Waals surface area contributed by atoms with E-state index >= 15 is 0 Å². The Hall–Kier alpha value is -1.29. The second-order valence-electron chi connectivity index (χ2n) is 4.90. The van der Waals surface area contributed by atoms with Gasteiger partial charge in [-0.25, -0.2) is 0 Å². The molecule has 102 valence electrons. The van der Waals surface area contributed by atoms with Crippen LogP contribution in [0, 0.1) is 5.92 Å². The molecule has 1 heterocycles. The van der Waals surface area contributed by atoms with E-state index in [0.29, 0.717) is 31.4 Å². The summed E-state index contributed by atoms with van der Waals surface area (Å²) in [5, 5.41) is 0. The van der Waals surface area contributed by atoms with Gasteiger partial charge in [-0.05, 0) is 43.9 Å². The summed E-state index contributed by atoms with van der Waals surface area (Å²) in [5.74, 6) is 1.03. The molecule has 0 radical (unpaired) electrons. The van der Waals surface area contributed by atoms with Crippen molar-refractivity contribution in [3.63, 3.8) is 0 Å². The Morgan fingerprint density at radius 3 is 2.83 bits per heavy atom. The molecule has 0 aliphatic carbocycles. The van der Waals surface area contributed by atoms with Crippen LogP contribution in [0.2, 0.25) is 0 Å². The van der Waals surface area contributed by atoms with Crippen LogP contribution in [0.1, 0.15) is 33.1 Å². The van der Waals surface area contributed by atoms with Crippen LogP contribution in [0.3, 0.4) is 0 Å². The molecule has 4 heteroatoms. The van der Waals surface area contributed by atoms with E-state index in [-0.39, 0.29) is 5.56 Å². The van der Waals surface area contributed by atoms with E-state index < -0.39 is 0 Å². The molecule has 1 rings (SSSR count). The first-order valence-electron chi connectivity index (χ1n) is 6.67. The topological polar surface area (TPSA) is 57.2 Å². The van der Waals surface area contributed by atoms with Crippen molar-refractivity contribution in [1.29, 1.82) is 0 Å². The van der Waals surface area contributed by atoms with Crippen molar-refractivity contribution in [1.82, 2.24) is 4.57 Å². The van der Waals surface area contributed by atoms with E-state index in [9.17, 15) is 4.79 Å². The number of hydrogen-bond donors (Lipinski definition) is 1. The van der Waals surface area contributed by atoms with Crippen LogP contribution in [0.5, 0.6) is 5.75 Å². The molecule has 0 saturated heterocycles. The quantitative estimate of drug-likeness (QED) is 0.720. The van der Waals surface area contributed by atoms with Gasteiger partial charge in [0.05, 0.1) is 6.61 Å². The van der Waals surface area contributed by atoms with E-state index in [4.69, 9.17) is 10.5 Å². The zero-order valence-corrected chi connectivity index (χ0v) is 11.4. The third kappa shape index (κ3) is 4.92. The van der Waals surface area contributed by atoms with E-state index in [1.54, 1.807) is 16.8 Å². The molecule has 0 spiro atoms. The highest BCUT2D eigenvalue weighted by Gasteiger charge is 2.04. The highest BCUT2D eigenvalue weighted by Crippen LogP contribution is 2.06. The molecule has 0 atom stereocenters. The molecule has 4 nitrogen and oxygen atoms in total. The molecular formula is C14H24N2O2. The summed E-state index contributed by atoms with van der Waals surface area (Å²) in [5.41, 5.74) is 5.40. The number of ether oxygens (including phenoxy) is 1. The van der Waals surface area contributed by atoms with Gasteiger partial charge in [0, 0.05) is 12.7 Å². The largest absolute Gasteiger partial charge is 0.488 e. The maximum Gasteiger partial charge on any atom is 0.292 e. The molecule has 0 bridgehead atoms. The first-order chi connectivity index (χ1) is 8.65. The minimum Gasteiger partial charge on any atom is -0.488 e. The van der Waals surface area contributed by atoms with Gasteiger partial charge in [-0.15, -0.1) is 0 Å². The lowest BCUT2D eigenvalue weighted by Crippen LogP contribution is -2.22. The summed E-state index contributed by atoms with van der Waals surface area (Å²) in [6.45, 7) is 6.25. The van der Waals surface area contributed by atoms with Crippen molar-refractivity contribution in [3.05, 3.63) is 28.7 Å². The lowest BCUT2D eigenvalue weighted by Gasteiger charge is -2.10. The fraction of sp³-hybridized carbons (Fsp3) is 0.643. The molecule has 0 aromatic carbocycles. The molecule has 1 aromatic heterocycles. The molecule has 0 aliphatic heterocycles. The molecule has 0 fully saturated rings. The minimum atomic E-state index is -0.0433. The second kappa shape index (κ2) is 7.93. The fourth-order valence-corrected chi connectivity index (χ4v) is 1.63. The smallest absolute Gasteiger partial charge is 0.292 e. The van der Waals surface area contributed by atoms with Crippen molar-refractivity contribution in [2.45, 2.75) is 39.7 Å². The first-order valence-corrected chi connectivity index (χ1v) is 6.67. The molecule has 0 aliphatic rings. The van der Waals surface area contributed by atoms with Crippen molar-refractivity contribution in [2.75, 3.05) is 13.2 Å². The van der Waals surface area contributed by atoms with Crippen LogP contribution in [0.25, 0.3) is 0 Å². The van der Waals surface area contributed by atoms with Crippen LogP contribution < -0.4 is 16.0 Å². The number of rotatable bonds is 8. The maximum absolute atomic E-state index is 12.0. The fourth-order valence-electron chi connectivity index (χ4n) is 1.63. The normalized spacial score (nSPS) is 10.9. The number of aromatic nitrogens is 1. The second-order valence-corrected chi connectivity index (χ2v) is 4.90. The number of nitrogens with zero attached hydrogens (tertiary/aromatic N) is 1. The summed E-state index contributed by atoms with van der Waals surface area (Å²) in [4.78, 5) is 12.0. The van der Waals surface area contributed by atoms with Crippen LogP contribution in [-0.2, 0) is 6.54 Å². The monoisotopic (exact) mass is 252 g/mol. The van der Waals surface area contributed by atoms with Gasteiger partial charge in [0.25, 0.3) is 5.56 Å². The van der Waals surface area contributed by atoms with E-state index in [1.165, 1.54) is 0 Å². The average Bonchev–Trinajstić information content (AvgIpc) is 2.33. The molecule has 0 amide bonds. The van der Waals surface area contributed by atoms with Gasteiger partial charge in [-0.2, -0.15) is 0 Å². The van der Waals surface area contributed by atoms with Crippen molar-refractivity contribution in [2.24, 2.45) is 11.7 Å². The molecule has 0 saturated carbocycles.